The standard InChI is InChI=1S/C22H14ClN3O4/c23-15-8-10-19(20(12-15)26(28)29)21-11-9-16(30-21)13-24-25-22(27)18-7-3-5-14-4-1-2-6-17(14)18/h1-13H,(H,25,27)/b24-13-. The molecule has 0 saturated carbocycles. The van der Waals surface area contributed by atoms with Gasteiger partial charge in [-0.3, -0.25) is 14.9 Å². The van der Waals surface area contributed by atoms with Gasteiger partial charge >= 0.3 is 0 Å². The van der Waals surface area contributed by atoms with E-state index in [-0.39, 0.29) is 16.6 Å². The van der Waals surface area contributed by atoms with E-state index in [4.69, 9.17) is 16.0 Å². The summed E-state index contributed by atoms with van der Waals surface area (Å²) < 4.78 is 5.61. The van der Waals surface area contributed by atoms with Gasteiger partial charge in [-0.1, -0.05) is 48.0 Å². The minimum absolute atomic E-state index is 0.162. The van der Waals surface area contributed by atoms with E-state index in [9.17, 15) is 14.9 Å². The summed E-state index contributed by atoms with van der Waals surface area (Å²) in [4.78, 5) is 23.2. The van der Waals surface area contributed by atoms with Crippen molar-refractivity contribution in [1.29, 1.82) is 0 Å². The maximum absolute atomic E-state index is 12.5. The first kappa shape index (κ1) is 19.4. The van der Waals surface area contributed by atoms with Crippen LogP contribution >= 0.6 is 11.6 Å². The Kier molecular flexibility index (Phi) is 5.28. The lowest BCUT2D eigenvalue weighted by Crippen LogP contribution is -2.17. The van der Waals surface area contributed by atoms with Crippen LogP contribution in [0.5, 0.6) is 0 Å². The molecule has 0 aliphatic rings. The fourth-order valence-corrected chi connectivity index (χ4v) is 3.24. The SMILES string of the molecule is O=C(N/N=C\c1ccc(-c2ccc(Cl)cc2[N+](=O)[O-])o1)c1cccc2ccccc12. The van der Waals surface area contributed by atoms with Gasteiger partial charge in [0.25, 0.3) is 11.6 Å². The van der Waals surface area contributed by atoms with E-state index in [2.05, 4.69) is 10.5 Å². The van der Waals surface area contributed by atoms with Crippen LogP contribution in [0.1, 0.15) is 16.1 Å². The lowest BCUT2D eigenvalue weighted by molar-refractivity contribution is -0.384. The molecule has 8 heteroatoms. The Bertz CT molecular complexity index is 1290. The Hall–Kier alpha value is -3.97. The number of nitrogens with one attached hydrogen (secondary N) is 1. The molecule has 0 aliphatic carbocycles. The van der Waals surface area contributed by atoms with Crippen LogP contribution in [0, 0.1) is 10.1 Å². The van der Waals surface area contributed by atoms with E-state index in [0.29, 0.717) is 22.6 Å². The molecule has 7 nitrogen and oxygen atoms in total. The molecule has 1 heterocycles. The van der Waals surface area contributed by atoms with Gasteiger partial charge in [-0.05, 0) is 41.1 Å². The Labute approximate surface area is 175 Å². The Morgan fingerprint density at radius 3 is 2.70 bits per heavy atom. The first-order chi connectivity index (χ1) is 14.5. The minimum atomic E-state index is -0.526. The molecule has 30 heavy (non-hydrogen) atoms. The van der Waals surface area contributed by atoms with Crippen LogP contribution in [0.3, 0.4) is 0 Å². The van der Waals surface area contributed by atoms with Gasteiger partial charge in [0.1, 0.15) is 11.5 Å². The quantitative estimate of drug-likeness (QED) is 0.265. The number of carbonyl (C=O) groups is 1. The first-order valence-electron chi connectivity index (χ1n) is 8.88. The largest absolute Gasteiger partial charge is 0.455 e. The maximum atomic E-state index is 12.5. The van der Waals surface area contributed by atoms with Gasteiger partial charge in [0, 0.05) is 16.7 Å². The Balaban J connectivity index is 1.52. The highest BCUT2D eigenvalue weighted by Gasteiger charge is 2.18. The zero-order valence-corrected chi connectivity index (χ0v) is 16.2. The number of hydrazone groups is 1. The fraction of sp³-hybridized carbons (Fsp3) is 0. The lowest BCUT2D eigenvalue weighted by Gasteiger charge is -2.04. The van der Waals surface area contributed by atoms with Crippen LogP contribution in [0.15, 0.2) is 82.3 Å². The summed E-state index contributed by atoms with van der Waals surface area (Å²) in [5, 5.41) is 17.2. The first-order valence-corrected chi connectivity index (χ1v) is 9.26. The second-order valence-corrected chi connectivity index (χ2v) is 6.78. The van der Waals surface area contributed by atoms with Crippen molar-refractivity contribution in [2.45, 2.75) is 0 Å². The second kappa shape index (κ2) is 8.18. The third-order valence-electron chi connectivity index (χ3n) is 4.44. The number of nitro benzene ring substituents is 1. The van der Waals surface area contributed by atoms with Gasteiger partial charge in [-0.2, -0.15) is 5.10 Å². The number of carbonyl (C=O) groups excluding carboxylic acids is 1. The van der Waals surface area contributed by atoms with Crippen LogP contribution in [0.2, 0.25) is 5.02 Å². The predicted octanol–water partition coefficient (Wildman–Crippen LogP) is 5.43. The fourth-order valence-electron chi connectivity index (χ4n) is 3.07. The van der Waals surface area contributed by atoms with Gasteiger partial charge in [0.05, 0.1) is 16.7 Å². The molecular weight excluding hydrogens is 406 g/mol. The summed E-state index contributed by atoms with van der Waals surface area (Å²) in [7, 11) is 0. The topological polar surface area (TPSA) is 97.7 Å². The van der Waals surface area contributed by atoms with Crippen molar-refractivity contribution in [3.8, 4) is 11.3 Å². The number of furan rings is 1. The highest BCUT2D eigenvalue weighted by atomic mass is 35.5. The van der Waals surface area contributed by atoms with E-state index in [1.165, 1.54) is 18.3 Å². The van der Waals surface area contributed by atoms with Gasteiger partial charge in [-0.25, -0.2) is 5.43 Å². The summed E-state index contributed by atoms with van der Waals surface area (Å²) in [5.74, 6) is 0.260. The van der Waals surface area contributed by atoms with E-state index < -0.39 is 4.92 Å². The maximum Gasteiger partial charge on any atom is 0.281 e. The minimum Gasteiger partial charge on any atom is -0.455 e. The molecule has 1 aromatic heterocycles. The van der Waals surface area contributed by atoms with Gasteiger partial charge < -0.3 is 4.42 Å². The number of amides is 1. The normalized spacial score (nSPS) is 11.1. The van der Waals surface area contributed by atoms with Crippen molar-refractivity contribution in [1.82, 2.24) is 5.43 Å². The third kappa shape index (κ3) is 3.92. The molecule has 0 saturated heterocycles. The predicted molar refractivity (Wildman–Crippen MR) is 115 cm³/mol. The number of hydrogen-bond acceptors (Lipinski definition) is 5. The highest BCUT2D eigenvalue weighted by molar-refractivity contribution is 6.30. The summed E-state index contributed by atoms with van der Waals surface area (Å²) in [5.41, 5.74) is 3.11. The molecule has 3 aromatic carbocycles. The number of rotatable bonds is 5. The van der Waals surface area contributed by atoms with Gasteiger partial charge in [0.15, 0.2) is 0 Å². The van der Waals surface area contributed by atoms with Crippen LogP contribution in [-0.2, 0) is 0 Å². The monoisotopic (exact) mass is 419 g/mol. The van der Waals surface area contributed by atoms with Crippen LogP contribution < -0.4 is 5.43 Å². The average Bonchev–Trinajstić information content (AvgIpc) is 3.21. The molecular formula is C22H14ClN3O4. The van der Waals surface area contributed by atoms with Crippen molar-refractivity contribution in [2.75, 3.05) is 0 Å². The summed E-state index contributed by atoms with van der Waals surface area (Å²) in [6.07, 6.45) is 1.33. The molecule has 0 fully saturated rings. The average molecular weight is 420 g/mol. The third-order valence-corrected chi connectivity index (χ3v) is 4.68. The second-order valence-electron chi connectivity index (χ2n) is 6.35. The summed E-state index contributed by atoms with van der Waals surface area (Å²) in [6, 6.07) is 20.5. The number of hydrogen-bond donors (Lipinski definition) is 1. The van der Waals surface area contributed by atoms with Crippen LogP contribution in [0.25, 0.3) is 22.1 Å². The van der Waals surface area contributed by atoms with Crippen molar-refractivity contribution in [3.63, 3.8) is 0 Å². The van der Waals surface area contributed by atoms with E-state index >= 15 is 0 Å². The molecule has 0 atom stereocenters. The molecule has 4 aromatic rings. The van der Waals surface area contributed by atoms with Crippen LogP contribution in [-0.4, -0.2) is 17.0 Å². The van der Waals surface area contributed by atoms with E-state index in [1.54, 1.807) is 30.3 Å². The molecule has 0 spiro atoms. The number of nitrogens with zero attached hydrogens (tertiary/aromatic N) is 2. The van der Waals surface area contributed by atoms with Gasteiger partial charge in [0.2, 0.25) is 0 Å². The molecule has 0 bridgehead atoms. The van der Waals surface area contributed by atoms with E-state index in [0.717, 1.165) is 10.8 Å². The number of halogens is 1. The number of fused-ring (bicyclic) bond motifs is 1. The molecule has 1 amide bonds. The van der Waals surface area contributed by atoms with Gasteiger partial charge in [-0.15, -0.1) is 0 Å². The Morgan fingerprint density at radius 2 is 1.87 bits per heavy atom. The molecule has 0 unspecified atom stereocenters. The molecule has 0 radical (unpaired) electrons. The summed E-state index contributed by atoms with van der Waals surface area (Å²) in [6.45, 7) is 0. The smallest absolute Gasteiger partial charge is 0.281 e. The molecule has 4 rings (SSSR count). The molecule has 148 valence electrons. The molecule has 1 N–H and O–H groups in total. The zero-order chi connectivity index (χ0) is 21.1. The zero-order valence-electron chi connectivity index (χ0n) is 15.4. The number of benzene rings is 3. The lowest BCUT2D eigenvalue weighted by atomic mass is 10.0. The number of nitro groups is 1. The highest BCUT2D eigenvalue weighted by Crippen LogP contribution is 2.33. The van der Waals surface area contributed by atoms with E-state index in [1.807, 2.05) is 30.3 Å². The molecule has 0 aliphatic heterocycles. The Morgan fingerprint density at radius 1 is 1.07 bits per heavy atom. The van der Waals surface area contributed by atoms with Crippen molar-refractivity contribution >= 4 is 40.2 Å². The van der Waals surface area contributed by atoms with Crippen molar-refractivity contribution in [3.05, 3.63) is 99.3 Å². The van der Waals surface area contributed by atoms with Crippen LogP contribution in [0.4, 0.5) is 5.69 Å². The van der Waals surface area contributed by atoms with Crippen molar-refractivity contribution in [2.24, 2.45) is 5.10 Å². The van der Waals surface area contributed by atoms with Crippen molar-refractivity contribution < 1.29 is 14.1 Å². The summed E-state index contributed by atoms with van der Waals surface area (Å²) >= 11 is 5.84.